The molecule has 1 aromatic carbocycles. The number of nitriles is 1. The number of allylic oxidation sites excluding steroid dienone is 2. The van der Waals surface area contributed by atoms with E-state index in [1.807, 2.05) is 39.0 Å². The summed E-state index contributed by atoms with van der Waals surface area (Å²) in [6.45, 7) is 10.8. The van der Waals surface area contributed by atoms with E-state index in [-0.39, 0.29) is 24.3 Å². The molecule has 3 amide bonds. The van der Waals surface area contributed by atoms with Crippen LogP contribution in [0.4, 0.5) is 0 Å². The van der Waals surface area contributed by atoms with Crippen LogP contribution < -0.4 is 21.7 Å². The number of hydrogen-bond donors (Lipinski definition) is 3. The second-order valence-electron chi connectivity index (χ2n) is 10.5. The average Bonchev–Trinajstić information content (AvgIpc) is 3.26. The lowest BCUT2D eigenvalue weighted by Gasteiger charge is -2.29. The minimum atomic E-state index is -0.661. The number of aliphatic imine (C=N–C) groups is 1. The highest BCUT2D eigenvalue weighted by Crippen LogP contribution is 2.29. The van der Waals surface area contributed by atoms with Crippen molar-refractivity contribution in [1.29, 1.82) is 5.26 Å². The quantitative estimate of drug-likeness (QED) is 0.178. The first kappa shape index (κ1) is 30.4. The van der Waals surface area contributed by atoms with E-state index in [9.17, 15) is 19.6 Å². The van der Waals surface area contributed by atoms with Gasteiger partial charge in [0.2, 0.25) is 11.8 Å². The lowest BCUT2D eigenvalue weighted by Crippen LogP contribution is -2.52. The third kappa shape index (κ3) is 6.64. The van der Waals surface area contributed by atoms with Crippen LogP contribution in [-0.4, -0.2) is 45.4 Å². The topological polar surface area (TPSA) is 154 Å². The number of benzene rings is 1. The zero-order valence-corrected chi connectivity index (χ0v) is 25.1. The molecule has 3 heterocycles. The fourth-order valence-corrected chi connectivity index (χ4v) is 5.50. The van der Waals surface area contributed by atoms with Crippen molar-refractivity contribution in [3.05, 3.63) is 88.5 Å². The summed E-state index contributed by atoms with van der Waals surface area (Å²) in [4.78, 5) is 47.6. The Kier molecular flexibility index (Phi) is 9.34. The number of rotatable bonds is 9. The largest absolute Gasteiger partial charge is 0.404 e. The Morgan fingerprint density at radius 1 is 1.36 bits per heavy atom. The molecule has 4 N–H and O–H groups in total. The highest BCUT2D eigenvalue weighted by Gasteiger charge is 2.39. The molecule has 1 fully saturated rings. The van der Waals surface area contributed by atoms with Crippen LogP contribution in [0.2, 0.25) is 0 Å². The summed E-state index contributed by atoms with van der Waals surface area (Å²) < 4.78 is 0. The molecule has 42 heavy (non-hydrogen) atoms. The van der Waals surface area contributed by atoms with Crippen LogP contribution in [0.1, 0.15) is 66.4 Å². The van der Waals surface area contributed by atoms with Crippen molar-refractivity contribution in [3.8, 4) is 6.07 Å². The molecule has 10 nitrogen and oxygen atoms in total. The smallest absolute Gasteiger partial charge is 0.255 e. The Balaban J connectivity index is 1.54. The number of carbonyl (C=O) groups excluding carboxylic acids is 3. The van der Waals surface area contributed by atoms with Gasteiger partial charge in [0.15, 0.2) is 0 Å². The van der Waals surface area contributed by atoms with Crippen molar-refractivity contribution < 1.29 is 14.4 Å². The Morgan fingerprint density at radius 3 is 2.76 bits per heavy atom. The number of piperidine rings is 1. The summed E-state index contributed by atoms with van der Waals surface area (Å²) in [6, 6.07) is 8.84. The van der Waals surface area contributed by atoms with Gasteiger partial charge in [0.05, 0.1) is 11.3 Å². The van der Waals surface area contributed by atoms with Gasteiger partial charge in [-0.05, 0) is 61.8 Å². The summed E-state index contributed by atoms with van der Waals surface area (Å²) in [7, 11) is 2.62. The van der Waals surface area contributed by atoms with Crippen molar-refractivity contribution in [1.82, 2.24) is 20.5 Å². The predicted molar refractivity (Wildman–Crippen MR) is 165 cm³/mol. The summed E-state index contributed by atoms with van der Waals surface area (Å²) in [6.07, 6.45) is 5.40. The maximum Gasteiger partial charge on any atom is 0.255 e. The van der Waals surface area contributed by atoms with E-state index < -0.39 is 11.9 Å². The Labute approximate surface area is 247 Å². The number of fused-ring (bicyclic) bond motifs is 1. The predicted octanol–water partition coefficient (Wildman–Crippen LogP) is 2.61. The zero-order valence-electron chi connectivity index (χ0n) is 23.9. The van der Waals surface area contributed by atoms with Crippen LogP contribution in [0.5, 0.6) is 0 Å². The maximum absolute atomic E-state index is 13.0. The van der Waals surface area contributed by atoms with E-state index in [4.69, 9.17) is 5.73 Å². The van der Waals surface area contributed by atoms with Crippen LogP contribution in [0.3, 0.4) is 0 Å². The summed E-state index contributed by atoms with van der Waals surface area (Å²) in [5, 5.41) is 15.7. The highest BCUT2D eigenvalue weighted by molar-refractivity contribution is 7.27. The van der Waals surface area contributed by atoms with E-state index in [0.29, 0.717) is 53.2 Å². The van der Waals surface area contributed by atoms with Crippen LogP contribution in [0.15, 0.2) is 65.6 Å². The molecule has 11 heteroatoms. The standard InChI is InChI=1S/C31H34N7O3P/c1-17(2)36-18(3)9-24(29-27(42)11-21(12-32)15-35-29)25(13-33)19(4)34-14-20-5-6-23-22(10-20)16-38(31(23)41)26-7-8-28(39)37-30(26)40/h5-6,9-11,13,15,17,26,34H,4,7-8,14,16,33,42H2,1-3H3,(H,37,39,40)/b24-9+,25-13+,36-18?. The van der Waals surface area contributed by atoms with Crippen molar-refractivity contribution >= 4 is 43.6 Å². The summed E-state index contributed by atoms with van der Waals surface area (Å²) in [5.41, 5.74) is 12.1. The van der Waals surface area contributed by atoms with Gasteiger partial charge in [0.1, 0.15) is 12.1 Å². The van der Waals surface area contributed by atoms with Gasteiger partial charge in [-0.25, -0.2) is 0 Å². The molecule has 1 saturated heterocycles. The molecular weight excluding hydrogens is 549 g/mol. The van der Waals surface area contributed by atoms with Crippen LogP contribution in [0.25, 0.3) is 5.57 Å². The average molecular weight is 584 g/mol. The van der Waals surface area contributed by atoms with Gasteiger partial charge in [-0.3, -0.25) is 29.7 Å². The molecule has 4 rings (SSSR count). The first-order valence-corrected chi connectivity index (χ1v) is 14.1. The minimum absolute atomic E-state index is 0.0936. The second-order valence-corrected chi connectivity index (χ2v) is 11.1. The molecule has 2 aliphatic heterocycles. The molecule has 0 spiro atoms. The molecule has 2 aliphatic rings. The zero-order chi connectivity index (χ0) is 30.6. The lowest BCUT2D eigenvalue weighted by molar-refractivity contribution is -0.136. The first-order chi connectivity index (χ1) is 20.0. The molecule has 216 valence electrons. The number of carbonyl (C=O) groups is 3. The van der Waals surface area contributed by atoms with Gasteiger partial charge >= 0.3 is 0 Å². The number of amides is 3. The van der Waals surface area contributed by atoms with Crippen molar-refractivity contribution in [2.45, 2.75) is 58.8 Å². The number of imide groups is 1. The van der Waals surface area contributed by atoms with Crippen molar-refractivity contribution in [3.63, 3.8) is 0 Å². The second kappa shape index (κ2) is 12.9. The molecule has 0 aliphatic carbocycles. The number of nitrogens with zero attached hydrogens (tertiary/aromatic N) is 4. The summed E-state index contributed by atoms with van der Waals surface area (Å²) >= 11 is 0. The van der Waals surface area contributed by atoms with Gasteiger partial charge < -0.3 is 16.0 Å². The molecule has 1 aromatic heterocycles. The normalized spacial score (nSPS) is 17.7. The van der Waals surface area contributed by atoms with Crippen molar-refractivity contribution in [2.24, 2.45) is 10.7 Å². The van der Waals surface area contributed by atoms with Gasteiger partial charge in [0.25, 0.3) is 5.91 Å². The first-order valence-electron chi connectivity index (χ1n) is 13.6. The van der Waals surface area contributed by atoms with Gasteiger partial charge in [0, 0.05) is 66.1 Å². The van der Waals surface area contributed by atoms with E-state index in [1.54, 1.807) is 12.1 Å². The van der Waals surface area contributed by atoms with Crippen LogP contribution in [0, 0.1) is 11.3 Å². The number of pyridine rings is 1. The third-order valence-corrected chi connectivity index (χ3v) is 7.43. The Morgan fingerprint density at radius 2 is 2.12 bits per heavy atom. The minimum Gasteiger partial charge on any atom is -0.404 e. The Bertz CT molecular complexity index is 1600. The molecule has 2 aromatic rings. The molecule has 0 bridgehead atoms. The fraction of sp³-hybridized carbons (Fsp3) is 0.290. The summed E-state index contributed by atoms with van der Waals surface area (Å²) in [5.74, 6) is -0.966. The lowest BCUT2D eigenvalue weighted by atomic mass is 9.98. The monoisotopic (exact) mass is 583 g/mol. The van der Waals surface area contributed by atoms with Gasteiger partial charge in [-0.2, -0.15) is 5.26 Å². The molecule has 2 unspecified atom stereocenters. The van der Waals surface area contributed by atoms with E-state index in [1.165, 1.54) is 17.3 Å². The number of nitrogens with one attached hydrogen (secondary N) is 2. The van der Waals surface area contributed by atoms with E-state index in [2.05, 4.69) is 42.5 Å². The molecular formula is C31H34N7O3P. The van der Waals surface area contributed by atoms with E-state index in [0.717, 1.165) is 22.1 Å². The number of hydrogen-bond acceptors (Lipinski definition) is 8. The maximum atomic E-state index is 13.0. The highest BCUT2D eigenvalue weighted by atomic mass is 31.0. The van der Waals surface area contributed by atoms with Gasteiger partial charge in [-0.1, -0.05) is 18.7 Å². The molecule has 0 radical (unpaired) electrons. The number of aromatic nitrogens is 1. The molecule has 2 atom stereocenters. The molecule has 0 saturated carbocycles. The van der Waals surface area contributed by atoms with Crippen LogP contribution in [-0.2, 0) is 22.7 Å². The van der Waals surface area contributed by atoms with E-state index >= 15 is 0 Å². The fourth-order valence-electron chi connectivity index (χ4n) is 5.09. The third-order valence-electron chi connectivity index (χ3n) is 6.99. The SMILES string of the molecule is C=C(NCc1ccc2c(c1)CN(C1CCC(=O)NC1=O)C2=O)C(=C\N)/C(=C\C(C)=NC(C)C)c1ncc(C#N)cc1P. The van der Waals surface area contributed by atoms with Gasteiger partial charge in [-0.15, -0.1) is 9.24 Å². The van der Waals surface area contributed by atoms with Crippen LogP contribution >= 0.6 is 9.24 Å². The van der Waals surface area contributed by atoms with Crippen molar-refractivity contribution in [2.75, 3.05) is 0 Å². The Hall–Kier alpha value is -4.61. The number of nitrogens with two attached hydrogens (primary N) is 1.